The second-order valence-electron chi connectivity index (χ2n) is 6.32. The first-order chi connectivity index (χ1) is 12.7. The number of carbonyl (C=O) groups is 4. The van der Waals surface area contributed by atoms with Crippen molar-refractivity contribution in [1.29, 1.82) is 0 Å². The highest BCUT2D eigenvalue weighted by Crippen LogP contribution is 1.97. The van der Waals surface area contributed by atoms with Crippen LogP contribution in [0.2, 0.25) is 0 Å². The number of nitrogens with zero attached hydrogens (tertiary/aromatic N) is 2. The van der Waals surface area contributed by atoms with Gasteiger partial charge >= 0.3 is 6.03 Å². The molecule has 0 aromatic heterocycles. The Morgan fingerprint density at radius 1 is 0.889 bits per heavy atom. The molecule has 1 unspecified atom stereocenters. The molecule has 0 spiro atoms. The molecule has 0 bridgehead atoms. The highest BCUT2D eigenvalue weighted by Gasteiger charge is 2.25. The fourth-order valence-corrected chi connectivity index (χ4v) is 2.46. The standard InChI is InChI=1S/C17H34N6O4/c1-13(16(26)21-17(27)23(14(2)24)15(3)25)20-9-6-12-22(10-4-7-18)11-5-8-19/h13,20H,4-12,18-19H2,1-3H3,(H,21,26,27). The van der Waals surface area contributed by atoms with E-state index in [0.717, 1.165) is 52.7 Å². The molecule has 0 fully saturated rings. The zero-order valence-corrected chi connectivity index (χ0v) is 16.6. The highest BCUT2D eigenvalue weighted by molar-refractivity contribution is 6.12. The Hall–Kier alpha value is -1.88. The summed E-state index contributed by atoms with van der Waals surface area (Å²) in [6, 6.07) is -1.68. The Kier molecular flexibility index (Phi) is 13.2. The first-order valence-corrected chi connectivity index (χ1v) is 9.26. The monoisotopic (exact) mass is 386 g/mol. The quantitative estimate of drug-likeness (QED) is 0.311. The predicted molar refractivity (Wildman–Crippen MR) is 103 cm³/mol. The number of nitrogens with two attached hydrogens (primary N) is 2. The van der Waals surface area contributed by atoms with Crippen molar-refractivity contribution >= 4 is 23.8 Å². The van der Waals surface area contributed by atoms with E-state index in [1.54, 1.807) is 6.92 Å². The van der Waals surface area contributed by atoms with Gasteiger partial charge in [0.25, 0.3) is 0 Å². The summed E-state index contributed by atoms with van der Waals surface area (Å²) in [5, 5.41) is 5.08. The van der Waals surface area contributed by atoms with Crippen LogP contribution in [-0.4, -0.2) is 78.9 Å². The minimum Gasteiger partial charge on any atom is -0.330 e. The van der Waals surface area contributed by atoms with Crippen LogP contribution in [-0.2, 0) is 14.4 Å². The van der Waals surface area contributed by atoms with Crippen molar-refractivity contribution in [2.45, 2.75) is 46.1 Å². The van der Waals surface area contributed by atoms with Crippen molar-refractivity contribution in [3.8, 4) is 0 Å². The minimum absolute atomic E-state index is 0.386. The second-order valence-corrected chi connectivity index (χ2v) is 6.32. The molecule has 0 aromatic carbocycles. The molecule has 27 heavy (non-hydrogen) atoms. The third kappa shape index (κ3) is 10.8. The van der Waals surface area contributed by atoms with Crippen molar-refractivity contribution < 1.29 is 19.2 Å². The van der Waals surface area contributed by atoms with Gasteiger partial charge in [0.2, 0.25) is 17.7 Å². The lowest BCUT2D eigenvalue weighted by atomic mass is 10.2. The molecule has 0 heterocycles. The average molecular weight is 386 g/mol. The molecule has 10 nitrogen and oxygen atoms in total. The van der Waals surface area contributed by atoms with Gasteiger partial charge in [-0.25, -0.2) is 9.69 Å². The number of nitrogens with one attached hydrogen (secondary N) is 2. The molecule has 0 aliphatic heterocycles. The SMILES string of the molecule is CC(=O)N(C(C)=O)C(=O)NC(=O)C(C)NCCCN(CCCN)CCCN. The third-order valence-electron chi connectivity index (χ3n) is 3.91. The van der Waals surface area contributed by atoms with Crippen molar-refractivity contribution in [3.05, 3.63) is 0 Å². The van der Waals surface area contributed by atoms with E-state index in [-0.39, 0.29) is 0 Å². The maximum Gasteiger partial charge on any atom is 0.337 e. The average Bonchev–Trinajstić information content (AvgIpc) is 2.59. The van der Waals surface area contributed by atoms with E-state index >= 15 is 0 Å². The molecule has 0 aromatic rings. The van der Waals surface area contributed by atoms with E-state index in [4.69, 9.17) is 11.5 Å². The molecule has 6 N–H and O–H groups in total. The van der Waals surface area contributed by atoms with Crippen LogP contribution in [0.3, 0.4) is 0 Å². The van der Waals surface area contributed by atoms with Gasteiger partial charge in [-0.05, 0) is 65.5 Å². The molecule has 10 heteroatoms. The van der Waals surface area contributed by atoms with Gasteiger partial charge in [0.05, 0.1) is 6.04 Å². The number of carbonyl (C=O) groups excluding carboxylic acids is 4. The van der Waals surface area contributed by atoms with E-state index in [0.29, 0.717) is 24.5 Å². The number of amides is 5. The van der Waals surface area contributed by atoms with Gasteiger partial charge in [-0.2, -0.15) is 0 Å². The van der Waals surface area contributed by atoms with Crippen LogP contribution in [0.1, 0.15) is 40.0 Å². The zero-order valence-electron chi connectivity index (χ0n) is 16.6. The van der Waals surface area contributed by atoms with Crippen LogP contribution >= 0.6 is 0 Å². The summed E-state index contributed by atoms with van der Waals surface area (Å²) in [6.07, 6.45) is 2.65. The maximum atomic E-state index is 12.0. The Bertz CT molecular complexity index is 478. The zero-order chi connectivity index (χ0) is 20.8. The van der Waals surface area contributed by atoms with Gasteiger partial charge in [-0.15, -0.1) is 0 Å². The summed E-state index contributed by atoms with van der Waals surface area (Å²) in [6.45, 7) is 8.29. The van der Waals surface area contributed by atoms with Crippen LogP contribution in [0.15, 0.2) is 0 Å². The van der Waals surface area contributed by atoms with Gasteiger partial charge in [-0.3, -0.25) is 19.7 Å². The number of urea groups is 1. The van der Waals surface area contributed by atoms with Crippen LogP contribution in [0.5, 0.6) is 0 Å². The van der Waals surface area contributed by atoms with Gasteiger partial charge < -0.3 is 21.7 Å². The first kappa shape index (κ1) is 25.1. The summed E-state index contributed by atoms with van der Waals surface area (Å²) in [7, 11) is 0. The summed E-state index contributed by atoms with van der Waals surface area (Å²) < 4.78 is 0. The van der Waals surface area contributed by atoms with Crippen molar-refractivity contribution in [2.75, 3.05) is 39.3 Å². The van der Waals surface area contributed by atoms with Crippen LogP contribution < -0.4 is 22.1 Å². The van der Waals surface area contributed by atoms with Crippen molar-refractivity contribution in [3.63, 3.8) is 0 Å². The van der Waals surface area contributed by atoms with E-state index in [9.17, 15) is 19.2 Å². The molecule has 0 saturated heterocycles. The minimum atomic E-state index is -1.04. The Balaban J connectivity index is 4.30. The van der Waals surface area contributed by atoms with E-state index in [1.165, 1.54) is 0 Å². The molecule has 0 rings (SSSR count). The molecular formula is C17H34N6O4. The highest BCUT2D eigenvalue weighted by atomic mass is 16.2. The van der Waals surface area contributed by atoms with Crippen LogP contribution in [0, 0.1) is 0 Å². The molecule has 0 radical (unpaired) electrons. The summed E-state index contributed by atoms with van der Waals surface area (Å²) in [5.41, 5.74) is 11.1. The molecule has 156 valence electrons. The summed E-state index contributed by atoms with van der Waals surface area (Å²) in [4.78, 5) is 49.2. The summed E-state index contributed by atoms with van der Waals surface area (Å²) >= 11 is 0. The molecule has 1 atom stereocenters. The third-order valence-corrected chi connectivity index (χ3v) is 3.91. The van der Waals surface area contributed by atoms with E-state index in [1.807, 2.05) is 0 Å². The smallest absolute Gasteiger partial charge is 0.330 e. The predicted octanol–water partition coefficient (Wildman–Crippen LogP) is -1.01. The van der Waals surface area contributed by atoms with Crippen molar-refractivity contribution in [2.24, 2.45) is 11.5 Å². The Labute approximate surface area is 161 Å². The molecule has 0 aliphatic carbocycles. The number of hydrogen-bond acceptors (Lipinski definition) is 8. The van der Waals surface area contributed by atoms with Gasteiger partial charge in [-0.1, -0.05) is 0 Å². The summed E-state index contributed by atoms with van der Waals surface area (Å²) in [5.74, 6) is -2.09. The first-order valence-electron chi connectivity index (χ1n) is 9.26. The topological polar surface area (TPSA) is 151 Å². The molecule has 0 aliphatic rings. The van der Waals surface area contributed by atoms with Crippen molar-refractivity contribution in [1.82, 2.24) is 20.4 Å². The van der Waals surface area contributed by atoms with E-state index < -0.39 is 29.8 Å². The molecule has 5 amide bonds. The fraction of sp³-hybridized carbons (Fsp3) is 0.765. The van der Waals surface area contributed by atoms with Crippen LogP contribution in [0.4, 0.5) is 4.79 Å². The Morgan fingerprint density at radius 2 is 1.37 bits per heavy atom. The number of rotatable bonds is 12. The Morgan fingerprint density at radius 3 is 1.81 bits per heavy atom. The number of hydrogen-bond donors (Lipinski definition) is 4. The van der Waals surface area contributed by atoms with Crippen LogP contribution in [0.25, 0.3) is 0 Å². The van der Waals surface area contributed by atoms with Gasteiger partial charge in [0.1, 0.15) is 0 Å². The lowest BCUT2D eigenvalue weighted by molar-refractivity contribution is -0.138. The lowest BCUT2D eigenvalue weighted by Crippen LogP contribution is -2.52. The lowest BCUT2D eigenvalue weighted by Gasteiger charge is -2.22. The second kappa shape index (κ2) is 14.2. The van der Waals surface area contributed by atoms with Gasteiger partial charge in [0, 0.05) is 13.8 Å². The largest absolute Gasteiger partial charge is 0.337 e. The molecular weight excluding hydrogens is 352 g/mol. The van der Waals surface area contributed by atoms with Gasteiger partial charge in [0.15, 0.2) is 0 Å². The number of imide groups is 4. The van der Waals surface area contributed by atoms with E-state index in [2.05, 4.69) is 15.5 Å². The molecule has 0 saturated carbocycles. The fourth-order valence-electron chi connectivity index (χ4n) is 2.46. The normalized spacial score (nSPS) is 11.9. The maximum absolute atomic E-state index is 12.0.